The SMILES string of the molecule is CCc1cnc(N)nc1N1CCC(Oc2ccc(F)cc2)CC1. The molecule has 122 valence electrons. The third kappa shape index (κ3) is 3.70. The van der Waals surface area contributed by atoms with Crippen LogP contribution in [0.2, 0.25) is 0 Å². The van der Waals surface area contributed by atoms with Gasteiger partial charge < -0.3 is 15.4 Å². The second kappa shape index (κ2) is 6.81. The van der Waals surface area contributed by atoms with E-state index in [9.17, 15) is 4.39 Å². The minimum Gasteiger partial charge on any atom is -0.490 e. The molecule has 0 spiro atoms. The molecular weight excluding hydrogens is 295 g/mol. The van der Waals surface area contributed by atoms with E-state index in [1.54, 1.807) is 18.3 Å². The van der Waals surface area contributed by atoms with Gasteiger partial charge in [0.25, 0.3) is 0 Å². The number of benzene rings is 1. The van der Waals surface area contributed by atoms with Crippen LogP contribution in [0.1, 0.15) is 25.3 Å². The van der Waals surface area contributed by atoms with E-state index in [1.165, 1.54) is 12.1 Å². The van der Waals surface area contributed by atoms with Crippen LogP contribution in [-0.2, 0) is 6.42 Å². The molecule has 5 nitrogen and oxygen atoms in total. The first-order valence-electron chi connectivity index (χ1n) is 7.94. The van der Waals surface area contributed by atoms with E-state index in [4.69, 9.17) is 10.5 Å². The fourth-order valence-corrected chi connectivity index (χ4v) is 2.83. The summed E-state index contributed by atoms with van der Waals surface area (Å²) in [5, 5.41) is 0. The molecule has 6 heteroatoms. The smallest absolute Gasteiger partial charge is 0.221 e. The van der Waals surface area contributed by atoms with E-state index in [-0.39, 0.29) is 11.9 Å². The van der Waals surface area contributed by atoms with Crippen molar-refractivity contribution in [1.82, 2.24) is 9.97 Å². The van der Waals surface area contributed by atoms with Gasteiger partial charge in [-0.05, 0) is 30.7 Å². The van der Waals surface area contributed by atoms with E-state index >= 15 is 0 Å². The molecule has 0 aliphatic carbocycles. The largest absolute Gasteiger partial charge is 0.490 e. The number of aromatic nitrogens is 2. The molecular formula is C17H21FN4O. The first-order valence-corrected chi connectivity index (χ1v) is 7.94. The third-order valence-electron chi connectivity index (χ3n) is 4.10. The summed E-state index contributed by atoms with van der Waals surface area (Å²) in [4.78, 5) is 10.7. The Balaban J connectivity index is 1.62. The number of hydrogen-bond acceptors (Lipinski definition) is 5. The van der Waals surface area contributed by atoms with E-state index in [2.05, 4.69) is 21.8 Å². The van der Waals surface area contributed by atoms with Crippen molar-refractivity contribution < 1.29 is 9.13 Å². The number of halogens is 1. The van der Waals surface area contributed by atoms with Crippen LogP contribution in [-0.4, -0.2) is 29.2 Å². The zero-order valence-corrected chi connectivity index (χ0v) is 13.2. The predicted octanol–water partition coefficient (Wildman–Crippen LogP) is 2.81. The van der Waals surface area contributed by atoms with Gasteiger partial charge in [0.15, 0.2) is 0 Å². The molecule has 3 rings (SSSR count). The average molecular weight is 316 g/mol. The molecule has 1 saturated heterocycles. The Kier molecular flexibility index (Phi) is 4.60. The number of rotatable bonds is 4. The lowest BCUT2D eigenvalue weighted by Crippen LogP contribution is -2.39. The summed E-state index contributed by atoms with van der Waals surface area (Å²) in [6, 6.07) is 6.17. The topological polar surface area (TPSA) is 64.3 Å². The molecule has 0 amide bonds. The van der Waals surface area contributed by atoms with E-state index in [0.717, 1.165) is 43.7 Å². The number of ether oxygens (including phenoxy) is 1. The minimum atomic E-state index is -0.249. The molecule has 1 aliphatic heterocycles. The molecule has 1 aromatic carbocycles. The third-order valence-corrected chi connectivity index (χ3v) is 4.10. The number of piperidine rings is 1. The summed E-state index contributed by atoms with van der Waals surface area (Å²) in [6.07, 6.45) is 4.61. The van der Waals surface area contributed by atoms with Crippen LogP contribution in [0.25, 0.3) is 0 Å². The highest BCUT2D eigenvalue weighted by Crippen LogP contribution is 2.25. The fourth-order valence-electron chi connectivity index (χ4n) is 2.83. The normalized spacial score (nSPS) is 15.7. The Labute approximate surface area is 135 Å². The predicted molar refractivity (Wildman–Crippen MR) is 88.1 cm³/mol. The van der Waals surface area contributed by atoms with Crippen LogP contribution < -0.4 is 15.4 Å². The van der Waals surface area contributed by atoms with Gasteiger partial charge in [0.05, 0.1) is 0 Å². The van der Waals surface area contributed by atoms with Crippen LogP contribution in [0.3, 0.4) is 0 Å². The number of nitrogens with zero attached hydrogens (tertiary/aromatic N) is 3. The Bertz CT molecular complexity index is 654. The molecule has 1 aliphatic rings. The van der Waals surface area contributed by atoms with Crippen LogP contribution in [0.4, 0.5) is 16.2 Å². The number of nitrogen functional groups attached to an aromatic ring is 1. The van der Waals surface area contributed by atoms with Crippen molar-refractivity contribution >= 4 is 11.8 Å². The van der Waals surface area contributed by atoms with Gasteiger partial charge >= 0.3 is 0 Å². The van der Waals surface area contributed by atoms with Gasteiger partial charge in [-0.1, -0.05) is 6.92 Å². The van der Waals surface area contributed by atoms with Crippen LogP contribution in [0.5, 0.6) is 5.75 Å². The quantitative estimate of drug-likeness (QED) is 0.939. The zero-order valence-electron chi connectivity index (χ0n) is 13.2. The van der Waals surface area contributed by atoms with Gasteiger partial charge in [-0.2, -0.15) is 4.98 Å². The minimum absolute atomic E-state index is 0.140. The summed E-state index contributed by atoms with van der Waals surface area (Å²) in [5.74, 6) is 1.70. The maximum absolute atomic E-state index is 12.9. The van der Waals surface area contributed by atoms with Gasteiger partial charge in [-0.3, -0.25) is 0 Å². The highest BCUT2D eigenvalue weighted by Gasteiger charge is 2.23. The maximum atomic E-state index is 12.9. The highest BCUT2D eigenvalue weighted by atomic mass is 19.1. The summed E-state index contributed by atoms with van der Waals surface area (Å²) in [7, 11) is 0. The first kappa shape index (κ1) is 15.5. The highest BCUT2D eigenvalue weighted by molar-refractivity contribution is 5.49. The number of nitrogens with two attached hydrogens (primary N) is 1. The van der Waals surface area contributed by atoms with Crippen LogP contribution in [0, 0.1) is 5.82 Å². The van der Waals surface area contributed by atoms with Gasteiger partial charge in [-0.25, -0.2) is 9.37 Å². The van der Waals surface area contributed by atoms with Gasteiger partial charge in [-0.15, -0.1) is 0 Å². The Morgan fingerprint density at radius 1 is 1.26 bits per heavy atom. The fraction of sp³-hybridized carbons (Fsp3) is 0.412. The molecule has 2 heterocycles. The standard InChI is InChI=1S/C17H21FN4O/c1-2-12-11-20-17(19)21-16(12)22-9-7-15(8-10-22)23-14-5-3-13(18)4-6-14/h3-6,11,15H,2,7-10H2,1H3,(H2,19,20,21). The molecule has 0 radical (unpaired) electrons. The molecule has 0 bridgehead atoms. The van der Waals surface area contributed by atoms with Crippen molar-refractivity contribution in [3.63, 3.8) is 0 Å². The molecule has 1 aromatic heterocycles. The van der Waals surface area contributed by atoms with Gasteiger partial charge in [0.1, 0.15) is 23.5 Å². The summed E-state index contributed by atoms with van der Waals surface area (Å²) < 4.78 is 18.8. The van der Waals surface area contributed by atoms with E-state index < -0.39 is 0 Å². The Hall–Kier alpha value is -2.37. The van der Waals surface area contributed by atoms with Crippen molar-refractivity contribution in [3.8, 4) is 5.75 Å². The lowest BCUT2D eigenvalue weighted by atomic mass is 10.1. The lowest BCUT2D eigenvalue weighted by molar-refractivity contribution is 0.170. The van der Waals surface area contributed by atoms with Crippen molar-refractivity contribution in [2.45, 2.75) is 32.3 Å². The lowest BCUT2D eigenvalue weighted by Gasteiger charge is -2.33. The molecule has 0 saturated carbocycles. The summed E-state index contributed by atoms with van der Waals surface area (Å²) in [6.45, 7) is 3.80. The number of anilines is 2. The second-order valence-corrected chi connectivity index (χ2v) is 5.69. The van der Waals surface area contributed by atoms with Gasteiger partial charge in [0, 0.05) is 37.7 Å². The Morgan fingerprint density at radius 3 is 2.61 bits per heavy atom. The van der Waals surface area contributed by atoms with Crippen molar-refractivity contribution in [2.24, 2.45) is 0 Å². The number of aryl methyl sites for hydroxylation is 1. The summed E-state index contributed by atoms with van der Waals surface area (Å²) in [5.41, 5.74) is 6.83. The molecule has 23 heavy (non-hydrogen) atoms. The molecule has 0 atom stereocenters. The molecule has 0 unspecified atom stereocenters. The van der Waals surface area contributed by atoms with Gasteiger partial charge in [0.2, 0.25) is 5.95 Å². The van der Waals surface area contributed by atoms with E-state index in [0.29, 0.717) is 11.7 Å². The maximum Gasteiger partial charge on any atom is 0.221 e. The monoisotopic (exact) mass is 316 g/mol. The Morgan fingerprint density at radius 2 is 1.96 bits per heavy atom. The van der Waals surface area contributed by atoms with Crippen LogP contribution in [0.15, 0.2) is 30.5 Å². The number of hydrogen-bond donors (Lipinski definition) is 1. The van der Waals surface area contributed by atoms with Crippen molar-refractivity contribution in [1.29, 1.82) is 0 Å². The molecule has 2 N–H and O–H groups in total. The molecule has 2 aromatic rings. The van der Waals surface area contributed by atoms with Crippen molar-refractivity contribution in [3.05, 3.63) is 41.8 Å². The van der Waals surface area contributed by atoms with Crippen LogP contribution >= 0.6 is 0 Å². The first-order chi connectivity index (χ1) is 11.2. The molecule has 1 fully saturated rings. The van der Waals surface area contributed by atoms with E-state index in [1.807, 2.05) is 0 Å². The summed E-state index contributed by atoms with van der Waals surface area (Å²) >= 11 is 0. The average Bonchev–Trinajstić information content (AvgIpc) is 2.58. The van der Waals surface area contributed by atoms with Crippen molar-refractivity contribution in [2.75, 3.05) is 23.7 Å². The zero-order chi connectivity index (χ0) is 16.2. The second-order valence-electron chi connectivity index (χ2n) is 5.69.